The molecule has 0 aliphatic heterocycles. The lowest BCUT2D eigenvalue weighted by atomic mass is 10.2. The molecule has 6 nitrogen and oxygen atoms in total. The number of H-pyrrole nitrogens is 1. The molecule has 1 atom stereocenters. The van der Waals surface area contributed by atoms with Gasteiger partial charge in [-0.1, -0.05) is 12.1 Å². The summed E-state index contributed by atoms with van der Waals surface area (Å²) in [6.45, 7) is 2.60. The number of carbonyl (C=O) groups excluding carboxylic acids is 1. The van der Waals surface area contributed by atoms with E-state index in [4.69, 9.17) is 4.74 Å². The monoisotopic (exact) mass is 466 g/mol. The fraction of sp³-hybridized carbons (Fsp3) is 0.292. The van der Waals surface area contributed by atoms with Crippen LogP contribution < -0.4 is 10.1 Å². The number of aromatic amines is 1. The number of nitrogens with one attached hydrogen (secondary N) is 2. The van der Waals surface area contributed by atoms with E-state index in [1.165, 1.54) is 0 Å². The first-order chi connectivity index (χ1) is 15.7. The van der Waals surface area contributed by atoms with Crippen molar-refractivity contribution >= 4 is 40.0 Å². The maximum Gasteiger partial charge on any atom is 0.226 e. The molecule has 0 aliphatic rings. The van der Waals surface area contributed by atoms with E-state index >= 15 is 0 Å². The first-order valence-electron chi connectivity index (χ1n) is 10.6. The van der Waals surface area contributed by atoms with Crippen LogP contribution in [-0.2, 0) is 11.2 Å². The Balaban J connectivity index is 1.43. The molecule has 1 unspecified atom stereocenters. The molecule has 0 saturated carbocycles. The van der Waals surface area contributed by atoms with E-state index in [2.05, 4.69) is 26.5 Å². The first kappa shape index (κ1) is 22.4. The molecular formula is C24H26N4O2S2. The Morgan fingerprint density at radius 1 is 1.19 bits per heavy atom. The number of amides is 1. The summed E-state index contributed by atoms with van der Waals surface area (Å²) in [5.41, 5.74) is 3.67. The van der Waals surface area contributed by atoms with Gasteiger partial charge in [0.2, 0.25) is 5.91 Å². The molecule has 2 aromatic heterocycles. The van der Waals surface area contributed by atoms with Crippen molar-refractivity contribution in [2.24, 2.45) is 0 Å². The summed E-state index contributed by atoms with van der Waals surface area (Å²) in [4.78, 5) is 25.5. The van der Waals surface area contributed by atoms with E-state index < -0.39 is 0 Å². The van der Waals surface area contributed by atoms with Gasteiger partial charge in [0.25, 0.3) is 0 Å². The van der Waals surface area contributed by atoms with Gasteiger partial charge in [-0.3, -0.25) is 4.79 Å². The summed E-state index contributed by atoms with van der Waals surface area (Å²) in [6, 6.07) is 15.6. The van der Waals surface area contributed by atoms with Gasteiger partial charge in [0.05, 0.1) is 35.8 Å². The van der Waals surface area contributed by atoms with E-state index in [0.29, 0.717) is 6.61 Å². The molecule has 4 rings (SSSR count). The second-order valence-electron chi connectivity index (χ2n) is 7.32. The van der Waals surface area contributed by atoms with E-state index in [9.17, 15) is 4.79 Å². The normalized spacial score (nSPS) is 12.1. The summed E-state index contributed by atoms with van der Waals surface area (Å²) in [5.74, 6) is 2.51. The van der Waals surface area contributed by atoms with Crippen molar-refractivity contribution in [1.29, 1.82) is 0 Å². The molecule has 0 fully saturated rings. The zero-order valence-corrected chi connectivity index (χ0v) is 19.8. The number of aromatic nitrogens is 3. The Hall–Kier alpha value is -2.84. The number of fused-ring (bicyclic) bond motifs is 1. The molecule has 2 N–H and O–H groups in total. The quantitative estimate of drug-likeness (QED) is 0.334. The molecule has 2 heterocycles. The number of thioether (sulfide) groups is 1. The Morgan fingerprint density at radius 3 is 2.75 bits per heavy atom. The predicted octanol–water partition coefficient (Wildman–Crippen LogP) is 5.24. The molecular weight excluding hydrogens is 440 g/mol. The SMILES string of the molecule is CCOc1ccc(-c2nc(CC(=O)NC(CCSC)c3nc4ccccc4[nH]3)cs2)cc1. The molecule has 0 bridgehead atoms. The standard InChI is InChI=1S/C24H26N4O2S2/c1-3-30-18-10-8-16(9-11-18)24-25-17(15-32-24)14-22(29)26-21(12-13-31-2)23-27-19-6-4-5-7-20(19)28-23/h4-11,15,21H,3,12-14H2,1-2H3,(H,26,29)(H,27,28). The largest absolute Gasteiger partial charge is 0.494 e. The minimum atomic E-state index is -0.161. The fourth-order valence-corrected chi connectivity index (χ4v) is 4.74. The van der Waals surface area contributed by atoms with Crippen LogP contribution in [0.4, 0.5) is 0 Å². The van der Waals surface area contributed by atoms with Crippen LogP contribution in [0.3, 0.4) is 0 Å². The van der Waals surface area contributed by atoms with Gasteiger partial charge >= 0.3 is 0 Å². The Bertz CT molecular complexity index is 1140. The number of thiazole rings is 1. The average Bonchev–Trinajstić information content (AvgIpc) is 3.44. The summed E-state index contributed by atoms with van der Waals surface area (Å²) >= 11 is 3.30. The zero-order valence-electron chi connectivity index (χ0n) is 18.1. The highest BCUT2D eigenvalue weighted by atomic mass is 32.2. The molecule has 0 saturated heterocycles. The third-order valence-electron chi connectivity index (χ3n) is 4.99. The number of imidazole rings is 1. The van der Waals surface area contributed by atoms with Crippen molar-refractivity contribution in [2.45, 2.75) is 25.8 Å². The van der Waals surface area contributed by atoms with E-state index in [1.54, 1.807) is 23.1 Å². The van der Waals surface area contributed by atoms with Crippen molar-refractivity contribution in [3.8, 4) is 16.3 Å². The summed E-state index contributed by atoms with van der Waals surface area (Å²) in [6.07, 6.45) is 3.11. The van der Waals surface area contributed by atoms with Crippen LogP contribution in [0.25, 0.3) is 21.6 Å². The molecule has 1 amide bonds. The predicted molar refractivity (Wildman–Crippen MR) is 132 cm³/mol. The lowest BCUT2D eigenvalue weighted by Gasteiger charge is -2.16. The highest BCUT2D eigenvalue weighted by Crippen LogP contribution is 2.26. The maximum absolute atomic E-state index is 12.8. The third kappa shape index (κ3) is 5.49. The fourth-order valence-electron chi connectivity index (χ4n) is 3.44. The van der Waals surface area contributed by atoms with E-state index in [0.717, 1.165) is 51.0 Å². The van der Waals surface area contributed by atoms with Crippen LogP contribution in [-0.4, -0.2) is 39.5 Å². The van der Waals surface area contributed by atoms with Gasteiger partial charge in [0.1, 0.15) is 16.6 Å². The van der Waals surface area contributed by atoms with Crippen molar-refractivity contribution in [2.75, 3.05) is 18.6 Å². The highest BCUT2D eigenvalue weighted by Gasteiger charge is 2.19. The smallest absolute Gasteiger partial charge is 0.226 e. The van der Waals surface area contributed by atoms with Crippen LogP contribution in [0.1, 0.15) is 30.9 Å². The van der Waals surface area contributed by atoms with Gasteiger partial charge < -0.3 is 15.0 Å². The Labute approximate surface area is 195 Å². The van der Waals surface area contributed by atoms with Gasteiger partial charge in [-0.2, -0.15) is 11.8 Å². The lowest BCUT2D eigenvalue weighted by molar-refractivity contribution is -0.121. The molecule has 166 valence electrons. The van der Waals surface area contributed by atoms with Crippen LogP contribution in [0, 0.1) is 0 Å². The second kappa shape index (κ2) is 10.7. The summed E-state index contributed by atoms with van der Waals surface area (Å²) < 4.78 is 5.50. The molecule has 0 spiro atoms. The lowest BCUT2D eigenvalue weighted by Crippen LogP contribution is -2.31. The van der Waals surface area contributed by atoms with Gasteiger partial charge in [-0.25, -0.2) is 9.97 Å². The molecule has 0 radical (unpaired) electrons. The minimum Gasteiger partial charge on any atom is -0.494 e. The van der Waals surface area contributed by atoms with Gasteiger partial charge in [0.15, 0.2) is 0 Å². The summed E-state index contributed by atoms with van der Waals surface area (Å²) in [7, 11) is 0. The van der Waals surface area contributed by atoms with Crippen LogP contribution in [0.15, 0.2) is 53.9 Å². The van der Waals surface area contributed by atoms with E-state index in [1.807, 2.05) is 60.8 Å². The van der Waals surface area contributed by atoms with Crippen LogP contribution >= 0.6 is 23.1 Å². The van der Waals surface area contributed by atoms with Crippen molar-refractivity contribution < 1.29 is 9.53 Å². The van der Waals surface area contributed by atoms with Crippen LogP contribution in [0.2, 0.25) is 0 Å². The van der Waals surface area contributed by atoms with Crippen molar-refractivity contribution in [3.05, 3.63) is 65.4 Å². The van der Waals surface area contributed by atoms with E-state index in [-0.39, 0.29) is 18.4 Å². The zero-order chi connectivity index (χ0) is 22.3. The molecule has 4 aromatic rings. The number of benzene rings is 2. The number of ether oxygens (including phenoxy) is 1. The number of para-hydroxylation sites is 2. The van der Waals surface area contributed by atoms with Crippen molar-refractivity contribution in [1.82, 2.24) is 20.3 Å². The molecule has 8 heteroatoms. The van der Waals surface area contributed by atoms with Gasteiger partial charge in [-0.05, 0) is 61.8 Å². The number of hydrogen-bond acceptors (Lipinski definition) is 6. The van der Waals surface area contributed by atoms with Crippen LogP contribution in [0.5, 0.6) is 5.75 Å². The summed E-state index contributed by atoms with van der Waals surface area (Å²) in [5, 5.41) is 5.99. The minimum absolute atomic E-state index is 0.0555. The topological polar surface area (TPSA) is 79.9 Å². The number of hydrogen-bond donors (Lipinski definition) is 2. The van der Waals surface area contributed by atoms with Crippen molar-refractivity contribution in [3.63, 3.8) is 0 Å². The van der Waals surface area contributed by atoms with Gasteiger partial charge in [0, 0.05) is 10.9 Å². The first-order valence-corrected chi connectivity index (χ1v) is 12.8. The Kier molecular flexibility index (Phi) is 7.44. The molecule has 0 aliphatic carbocycles. The molecule has 32 heavy (non-hydrogen) atoms. The Morgan fingerprint density at radius 2 is 2.00 bits per heavy atom. The van der Waals surface area contributed by atoms with Gasteiger partial charge in [-0.15, -0.1) is 11.3 Å². The molecule has 2 aromatic carbocycles. The number of carbonyl (C=O) groups is 1. The maximum atomic E-state index is 12.8. The number of rotatable bonds is 10. The average molecular weight is 467 g/mol. The third-order valence-corrected chi connectivity index (χ3v) is 6.57. The number of nitrogens with zero attached hydrogens (tertiary/aromatic N) is 2. The highest BCUT2D eigenvalue weighted by molar-refractivity contribution is 7.98. The second-order valence-corrected chi connectivity index (χ2v) is 9.16.